The molecular formula is C59H70Cl2N2O10. The molecule has 2 N–H and O–H groups in total. The Bertz CT molecular complexity index is 2630. The van der Waals surface area contributed by atoms with E-state index >= 15 is 0 Å². The SMILES string of the molecule is CC(C)CCCC(C)[C@H]1CCC2C3CCC4C[C@@H](CCC=C(c5cc(Cl)c(OCc6ccccc6[N+](=O)[O-])c(C(=O)O)c5)c5cc(Cl)c(OCc6ccccc6[N+](=O)[O-])c(C(=O)O)c5)CC[C@]4(C)C3CC[C@@]21C. The number of hydrogen-bond acceptors (Lipinski definition) is 8. The van der Waals surface area contributed by atoms with Crippen LogP contribution in [0.3, 0.4) is 0 Å². The summed E-state index contributed by atoms with van der Waals surface area (Å²) < 4.78 is 11.9. The molecule has 73 heavy (non-hydrogen) atoms. The van der Waals surface area contributed by atoms with Gasteiger partial charge in [-0.25, -0.2) is 9.59 Å². The lowest BCUT2D eigenvalue weighted by molar-refractivity contribution is -0.386. The van der Waals surface area contributed by atoms with Crippen molar-refractivity contribution in [2.75, 3.05) is 0 Å². The van der Waals surface area contributed by atoms with Crippen LogP contribution in [-0.2, 0) is 13.2 Å². The number of carboxylic acids is 2. The van der Waals surface area contributed by atoms with E-state index in [4.69, 9.17) is 32.7 Å². The minimum atomic E-state index is -1.36. The zero-order valence-corrected chi connectivity index (χ0v) is 44.3. The summed E-state index contributed by atoms with van der Waals surface area (Å²) in [5.41, 5.74) is 1.45. The molecule has 14 heteroatoms. The fraction of sp³-hybridized carbons (Fsp3) is 0.525. The second kappa shape index (κ2) is 22.6. The van der Waals surface area contributed by atoms with Gasteiger partial charge in [0.15, 0.2) is 11.5 Å². The van der Waals surface area contributed by atoms with Gasteiger partial charge in [-0.2, -0.15) is 0 Å². The Balaban J connectivity index is 1.05. The van der Waals surface area contributed by atoms with Crippen LogP contribution < -0.4 is 9.47 Å². The number of carboxylic acid groups (broad SMARTS) is 2. The number of ether oxygens (including phenoxy) is 2. The largest absolute Gasteiger partial charge is 0.486 e. The average Bonchev–Trinajstić information content (AvgIpc) is 3.71. The number of nitro groups is 2. The van der Waals surface area contributed by atoms with Crippen molar-refractivity contribution < 1.29 is 39.1 Å². The molecular weight excluding hydrogens is 968 g/mol. The predicted octanol–water partition coefficient (Wildman–Crippen LogP) is 16.3. The van der Waals surface area contributed by atoms with E-state index in [1.165, 1.54) is 113 Å². The normalized spacial score (nSPS) is 25.7. The molecule has 390 valence electrons. The molecule has 5 unspecified atom stereocenters. The summed E-state index contributed by atoms with van der Waals surface area (Å²) in [6.07, 6.45) is 19.0. The number of aromatic carboxylic acids is 2. The number of benzene rings is 4. The quantitative estimate of drug-likeness (QED) is 0.0639. The first-order chi connectivity index (χ1) is 34.8. The topological polar surface area (TPSA) is 179 Å². The highest BCUT2D eigenvalue weighted by Gasteiger charge is 2.60. The van der Waals surface area contributed by atoms with E-state index in [1.54, 1.807) is 24.3 Å². The second-order valence-corrected chi connectivity index (χ2v) is 23.5. The molecule has 4 aliphatic rings. The summed E-state index contributed by atoms with van der Waals surface area (Å²) in [5, 5.41) is 44.5. The van der Waals surface area contributed by atoms with Gasteiger partial charge in [0.05, 0.1) is 31.0 Å². The van der Waals surface area contributed by atoms with E-state index in [9.17, 15) is 40.0 Å². The maximum Gasteiger partial charge on any atom is 0.339 e. The first kappa shape index (κ1) is 53.8. The van der Waals surface area contributed by atoms with Crippen LogP contribution in [0.4, 0.5) is 11.4 Å². The Labute approximate surface area is 439 Å². The molecule has 0 aliphatic heterocycles. The van der Waals surface area contributed by atoms with Gasteiger partial charge < -0.3 is 19.7 Å². The molecule has 4 aromatic carbocycles. The molecule has 4 aromatic rings. The van der Waals surface area contributed by atoms with Gasteiger partial charge in [0.2, 0.25) is 0 Å². The summed E-state index contributed by atoms with van der Waals surface area (Å²) in [5.74, 6) is 2.82. The van der Waals surface area contributed by atoms with E-state index in [0.717, 1.165) is 54.8 Å². The van der Waals surface area contributed by atoms with Gasteiger partial charge in [0, 0.05) is 12.1 Å². The lowest BCUT2D eigenvalue weighted by Gasteiger charge is -2.61. The minimum absolute atomic E-state index is 0.0668. The third-order valence-corrected chi connectivity index (χ3v) is 18.8. The van der Waals surface area contributed by atoms with E-state index in [0.29, 0.717) is 45.8 Å². The number of carbonyl (C=O) groups is 2. The first-order valence-corrected chi connectivity index (χ1v) is 27.1. The van der Waals surface area contributed by atoms with Crippen LogP contribution in [0.15, 0.2) is 78.9 Å². The van der Waals surface area contributed by atoms with E-state index in [-0.39, 0.29) is 68.4 Å². The smallest absolute Gasteiger partial charge is 0.339 e. The average molecular weight is 1040 g/mol. The van der Waals surface area contributed by atoms with E-state index in [1.807, 2.05) is 6.08 Å². The van der Waals surface area contributed by atoms with Gasteiger partial charge in [-0.15, -0.1) is 0 Å². The van der Waals surface area contributed by atoms with Crippen molar-refractivity contribution in [3.05, 3.63) is 143 Å². The molecule has 0 aromatic heterocycles. The van der Waals surface area contributed by atoms with Gasteiger partial charge in [-0.3, -0.25) is 20.2 Å². The van der Waals surface area contributed by atoms with E-state index < -0.39 is 21.8 Å². The molecule has 4 aliphatic carbocycles. The van der Waals surface area contributed by atoms with Crippen LogP contribution in [0.5, 0.6) is 11.5 Å². The van der Waals surface area contributed by atoms with Crippen molar-refractivity contribution in [2.45, 2.75) is 138 Å². The van der Waals surface area contributed by atoms with Crippen LogP contribution >= 0.6 is 23.2 Å². The Morgan fingerprint density at radius 3 is 1.79 bits per heavy atom. The standard InChI is InChI=1S/C59H70Cl2N2O10/c1-35(2)12-10-13-36(3)47-22-23-48-44-21-20-42-28-37(24-26-58(42,4)49(44)25-27-59(47,48)5)14-11-17-43(40-29-45(56(64)65)54(50(60)31-40)72-33-38-15-6-8-18-52(38)62(68)69)41-30-46(57(66)67)55(51(61)32-41)73-34-39-16-7-9-19-53(39)63(70)71/h6-9,15-19,29-32,35-37,42,44,47-49H,10-14,20-28,33-34H2,1-5H3,(H,64,65)(H,66,67)/t36?,37-,42?,44?,47+,48?,49?,58-,59+/m0/s1. The van der Waals surface area contributed by atoms with Crippen molar-refractivity contribution in [1.82, 2.24) is 0 Å². The molecule has 4 saturated carbocycles. The Hall–Kier alpha value is -5.46. The van der Waals surface area contributed by atoms with Gasteiger partial charge in [0.25, 0.3) is 11.4 Å². The molecule has 4 fully saturated rings. The number of allylic oxidation sites excluding steroid dienone is 1. The third kappa shape index (κ3) is 11.3. The maximum absolute atomic E-state index is 13.0. The molecule has 0 heterocycles. The number of nitrogens with zero attached hydrogens (tertiary/aromatic N) is 2. The van der Waals surface area contributed by atoms with Crippen molar-refractivity contribution in [3.8, 4) is 11.5 Å². The predicted molar refractivity (Wildman–Crippen MR) is 285 cm³/mol. The summed E-state index contributed by atoms with van der Waals surface area (Å²) >= 11 is 13.8. The lowest BCUT2D eigenvalue weighted by atomic mass is 9.44. The number of nitro benzene ring substituents is 2. The summed E-state index contributed by atoms with van der Waals surface area (Å²) in [7, 11) is 0. The summed E-state index contributed by atoms with van der Waals surface area (Å²) in [6, 6.07) is 17.9. The van der Waals surface area contributed by atoms with Crippen LogP contribution in [0.25, 0.3) is 5.57 Å². The van der Waals surface area contributed by atoms with Crippen molar-refractivity contribution in [3.63, 3.8) is 0 Å². The molecule has 9 atom stereocenters. The number of rotatable bonds is 20. The van der Waals surface area contributed by atoms with Gasteiger partial charge >= 0.3 is 11.9 Å². The highest BCUT2D eigenvalue weighted by atomic mass is 35.5. The molecule has 8 rings (SSSR count). The highest BCUT2D eigenvalue weighted by molar-refractivity contribution is 6.33. The van der Waals surface area contributed by atoms with Gasteiger partial charge in [0.1, 0.15) is 24.3 Å². The highest BCUT2D eigenvalue weighted by Crippen LogP contribution is 2.69. The number of fused-ring (bicyclic) bond motifs is 5. The van der Waals surface area contributed by atoms with Crippen molar-refractivity contribution >= 4 is 52.1 Å². The minimum Gasteiger partial charge on any atom is -0.486 e. The lowest BCUT2D eigenvalue weighted by Crippen LogP contribution is -2.53. The summed E-state index contributed by atoms with van der Waals surface area (Å²) in [4.78, 5) is 48.3. The van der Waals surface area contributed by atoms with E-state index in [2.05, 4.69) is 34.6 Å². The number of hydrogen-bond donors (Lipinski definition) is 2. The van der Waals surface area contributed by atoms with Crippen molar-refractivity contribution in [2.24, 2.45) is 58.2 Å². The maximum atomic E-state index is 13.0. The fourth-order valence-electron chi connectivity index (χ4n) is 14.5. The molecule has 0 bridgehead atoms. The summed E-state index contributed by atoms with van der Waals surface area (Å²) in [6.45, 7) is 11.8. The molecule has 0 saturated heterocycles. The Kier molecular flexibility index (Phi) is 16.6. The van der Waals surface area contributed by atoms with Gasteiger partial charge in [-0.05, 0) is 182 Å². The van der Waals surface area contributed by atoms with Crippen molar-refractivity contribution in [1.29, 1.82) is 0 Å². The molecule has 0 spiro atoms. The first-order valence-electron chi connectivity index (χ1n) is 26.3. The Morgan fingerprint density at radius 1 is 0.726 bits per heavy atom. The molecule has 0 amide bonds. The Morgan fingerprint density at radius 2 is 1.26 bits per heavy atom. The number of para-hydroxylation sites is 2. The number of halogens is 2. The molecule has 12 nitrogen and oxygen atoms in total. The third-order valence-electron chi connectivity index (χ3n) is 18.2. The monoisotopic (exact) mass is 1040 g/mol. The van der Waals surface area contributed by atoms with Gasteiger partial charge in [-0.1, -0.05) is 107 Å². The second-order valence-electron chi connectivity index (χ2n) is 22.7. The van der Waals surface area contributed by atoms with Crippen LogP contribution in [0, 0.1) is 78.4 Å². The zero-order valence-electron chi connectivity index (χ0n) is 42.7. The zero-order chi connectivity index (χ0) is 52.4. The van der Waals surface area contributed by atoms with Crippen LogP contribution in [0.1, 0.15) is 167 Å². The molecule has 0 radical (unpaired) electrons. The fourth-order valence-corrected chi connectivity index (χ4v) is 15.1. The van der Waals surface area contributed by atoms with Crippen LogP contribution in [-0.4, -0.2) is 32.0 Å². The van der Waals surface area contributed by atoms with Crippen LogP contribution in [0.2, 0.25) is 10.0 Å².